The Kier molecular flexibility index (Phi) is 14.4. The first kappa shape index (κ1) is 27.2. The quantitative estimate of drug-likeness (QED) is 0.386. The second-order valence-electron chi connectivity index (χ2n) is 7.12. The number of allylic oxidation sites excluding steroid dienone is 4. The summed E-state index contributed by atoms with van der Waals surface area (Å²) in [6.07, 6.45) is 8.50. The normalized spacial score (nSPS) is 11.9. The molecule has 0 aromatic heterocycles. The van der Waals surface area contributed by atoms with E-state index in [0.717, 1.165) is 6.42 Å². The number of halogens is 2. The Labute approximate surface area is 181 Å². The molecule has 0 amide bonds. The van der Waals surface area contributed by atoms with Crippen molar-refractivity contribution in [2.24, 2.45) is 5.41 Å². The van der Waals surface area contributed by atoms with Crippen LogP contribution in [0.2, 0.25) is 13.1 Å². The summed E-state index contributed by atoms with van der Waals surface area (Å²) in [6, 6.07) is 12.8. The molecule has 0 spiro atoms. The average molecular weight is 471 g/mol. The molecule has 0 bridgehead atoms. The van der Waals surface area contributed by atoms with Gasteiger partial charge in [0.1, 0.15) is 0 Å². The monoisotopic (exact) mass is 468 g/mol. The summed E-state index contributed by atoms with van der Waals surface area (Å²) < 4.78 is 0. The van der Waals surface area contributed by atoms with Crippen molar-refractivity contribution in [3.63, 3.8) is 0 Å². The molecule has 1 aliphatic carbocycles. The number of hydrogen-bond acceptors (Lipinski definition) is 0. The third-order valence-corrected chi connectivity index (χ3v) is 3.33. The van der Waals surface area contributed by atoms with Crippen LogP contribution in [-0.4, -0.2) is 5.43 Å². The molecule has 0 aliphatic heterocycles. The van der Waals surface area contributed by atoms with Gasteiger partial charge in [-0.3, -0.25) is 6.08 Å². The molecule has 0 fully saturated rings. The SMILES string of the molecule is CC(C)(C)C1=CC[C-]=C1.C[Si](C)=[Zr+2].Cc1cc2ccccc2[cH-]1.[Cl-].[Cl-]. The molecule has 0 N–H and O–H groups in total. The van der Waals surface area contributed by atoms with Crippen molar-refractivity contribution in [2.45, 2.75) is 47.2 Å². The molecule has 136 valence electrons. The van der Waals surface area contributed by atoms with Gasteiger partial charge in [-0.2, -0.15) is 17.7 Å². The van der Waals surface area contributed by atoms with Crippen molar-refractivity contribution < 1.29 is 48.1 Å². The molecule has 0 heterocycles. The maximum Gasteiger partial charge on any atom is -0.0579 e. The molecule has 4 heteroatoms. The molecule has 2 aromatic rings. The largest absolute Gasteiger partial charge is 1.00 e. The minimum Gasteiger partial charge on any atom is -1.00 e. The number of benzene rings is 1. The van der Waals surface area contributed by atoms with Crippen LogP contribution >= 0.6 is 0 Å². The fourth-order valence-corrected chi connectivity index (χ4v) is 2.23. The summed E-state index contributed by atoms with van der Waals surface area (Å²) in [6.45, 7) is 13.4. The Hall–Kier alpha value is -0.0100. The number of aryl methyl sites for hydroxylation is 1. The van der Waals surface area contributed by atoms with Crippen LogP contribution in [0.1, 0.15) is 32.8 Å². The molecule has 0 radical (unpaired) electrons. The van der Waals surface area contributed by atoms with Crippen molar-refractivity contribution in [1.82, 2.24) is 0 Å². The van der Waals surface area contributed by atoms with Crippen molar-refractivity contribution >= 4 is 16.2 Å². The van der Waals surface area contributed by atoms with E-state index in [1.165, 1.54) is 21.9 Å². The van der Waals surface area contributed by atoms with E-state index in [0.29, 0.717) is 5.41 Å². The van der Waals surface area contributed by atoms with E-state index in [9.17, 15) is 0 Å². The first-order valence-electron chi connectivity index (χ1n) is 8.11. The Bertz CT molecular complexity index is 669. The van der Waals surface area contributed by atoms with Crippen LogP contribution in [0.15, 0.2) is 54.1 Å². The first-order valence-corrected chi connectivity index (χ1v) is 14.3. The smallest absolute Gasteiger partial charge is 0.0579 e. The zero-order valence-corrected chi connectivity index (χ0v) is 21.1. The standard InChI is InChI=1S/C10H9.C9H13.C2H6Si.2ClH.Zr/c1-8-6-9-4-2-3-5-10(9)7-8;1-9(2,3)8-6-4-5-7-8;1-3-2;;;/h2-7H,1H3;6-7H,4H2,1-3H3;1-2H3;2*1H;/q2*-1;;;;+2/p-2. The van der Waals surface area contributed by atoms with Crippen LogP contribution in [0.5, 0.6) is 0 Å². The third-order valence-electron chi connectivity index (χ3n) is 3.33. The van der Waals surface area contributed by atoms with Gasteiger partial charge >= 0.3 is 41.9 Å². The summed E-state index contributed by atoms with van der Waals surface area (Å²) >= 11 is 1.74. The van der Waals surface area contributed by atoms with E-state index in [-0.39, 0.29) is 30.2 Å². The summed E-state index contributed by atoms with van der Waals surface area (Å²) in [4.78, 5) is 0. The fourth-order valence-electron chi connectivity index (χ4n) is 2.23. The van der Waals surface area contributed by atoms with E-state index >= 15 is 0 Å². The van der Waals surface area contributed by atoms with Gasteiger partial charge in [0.2, 0.25) is 0 Å². The average Bonchev–Trinajstić information content (AvgIpc) is 3.05. The Morgan fingerprint density at radius 1 is 1.12 bits per heavy atom. The fraction of sp³-hybridized carbons (Fsp3) is 0.381. The van der Waals surface area contributed by atoms with E-state index in [1.54, 1.807) is 23.3 Å². The van der Waals surface area contributed by atoms with Gasteiger partial charge in [-0.05, 0) is 0 Å². The van der Waals surface area contributed by atoms with Gasteiger partial charge < -0.3 is 24.8 Å². The van der Waals surface area contributed by atoms with E-state index in [2.05, 4.69) is 95.4 Å². The van der Waals surface area contributed by atoms with Gasteiger partial charge in [0.25, 0.3) is 0 Å². The van der Waals surface area contributed by atoms with Crippen LogP contribution in [0, 0.1) is 18.4 Å². The Morgan fingerprint density at radius 3 is 2.08 bits per heavy atom. The summed E-state index contributed by atoms with van der Waals surface area (Å²) in [5, 5.41) is 2.69. The minimum absolute atomic E-state index is 0. The molecular weight excluding hydrogens is 442 g/mol. The van der Waals surface area contributed by atoms with Gasteiger partial charge in [0, 0.05) is 0 Å². The van der Waals surface area contributed by atoms with Crippen LogP contribution in [0.25, 0.3) is 10.8 Å². The van der Waals surface area contributed by atoms with Gasteiger partial charge in [0.15, 0.2) is 0 Å². The molecule has 2 aromatic carbocycles. The van der Waals surface area contributed by atoms with Crippen LogP contribution in [0.4, 0.5) is 0 Å². The Morgan fingerprint density at radius 2 is 1.68 bits per heavy atom. The van der Waals surface area contributed by atoms with Crippen molar-refractivity contribution in [1.29, 1.82) is 0 Å². The van der Waals surface area contributed by atoms with Crippen LogP contribution < -0.4 is 24.8 Å². The van der Waals surface area contributed by atoms with Crippen LogP contribution in [-0.2, 0) is 23.3 Å². The van der Waals surface area contributed by atoms with Crippen molar-refractivity contribution in [3.05, 3.63) is 65.8 Å². The van der Waals surface area contributed by atoms with E-state index in [4.69, 9.17) is 0 Å². The predicted molar refractivity (Wildman–Crippen MR) is 102 cm³/mol. The number of fused-ring (bicyclic) bond motifs is 1. The molecule has 0 atom stereocenters. The predicted octanol–water partition coefficient (Wildman–Crippen LogP) is 0.381. The second-order valence-corrected chi connectivity index (χ2v) is 16.5. The molecular formula is C21H28Cl2SiZr-2. The van der Waals surface area contributed by atoms with Gasteiger partial charge in [-0.15, -0.1) is 47.0 Å². The van der Waals surface area contributed by atoms with Crippen molar-refractivity contribution in [3.8, 4) is 0 Å². The molecule has 1 aliphatic rings. The Balaban J connectivity index is 0. The molecule has 0 nitrogen and oxygen atoms in total. The van der Waals surface area contributed by atoms with Crippen molar-refractivity contribution in [2.75, 3.05) is 0 Å². The molecule has 25 heavy (non-hydrogen) atoms. The zero-order valence-electron chi connectivity index (χ0n) is 16.1. The van der Waals surface area contributed by atoms with E-state index in [1.807, 2.05) is 0 Å². The topological polar surface area (TPSA) is 0 Å². The van der Waals surface area contributed by atoms with Gasteiger partial charge in [-0.25, -0.2) is 6.08 Å². The van der Waals surface area contributed by atoms with Gasteiger partial charge in [0.05, 0.1) is 0 Å². The van der Waals surface area contributed by atoms with E-state index < -0.39 is 0 Å². The number of hydrogen-bond donors (Lipinski definition) is 0. The van der Waals surface area contributed by atoms with Crippen LogP contribution in [0.3, 0.4) is 0 Å². The van der Waals surface area contributed by atoms with Gasteiger partial charge in [-0.1, -0.05) is 39.2 Å². The maximum absolute atomic E-state index is 3.16. The minimum atomic E-state index is 0. The second kappa shape index (κ2) is 13.2. The summed E-state index contributed by atoms with van der Waals surface area (Å²) in [5.74, 6) is 0. The summed E-state index contributed by atoms with van der Waals surface area (Å²) in [7, 11) is 0. The first-order chi connectivity index (χ1) is 10.7. The molecule has 0 unspecified atom stereocenters. The zero-order chi connectivity index (χ0) is 17.5. The molecule has 0 saturated heterocycles. The summed E-state index contributed by atoms with van der Waals surface area (Å²) in [5.41, 5.74) is 3.30. The third kappa shape index (κ3) is 11.3. The number of rotatable bonds is 0. The maximum atomic E-state index is 3.16. The molecule has 0 saturated carbocycles. The molecule has 3 rings (SSSR count).